The molecule has 0 aromatic carbocycles. The van der Waals surface area contributed by atoms with Gasteiger partial charge in [-0.15, -0.1) is 0 Å². The molecule has 1 unspecified atom stereocenters. The van der Waals surface area contributed by atoms with Crippen molar-refractivity contribution in [2.24, 2.45) is 0 Å². The van der Waals surface area contributed by atoms with Gasteiger partial charge in [0.05, 0.1) is 0 Å². The van der Waals surface area contributed by atoms with Gasteiger partial charge in [0.25, 0.3) is 0 Å². The number of rotatable bonds is 4. The third kappa shape index (κ3) is 2.23. The van der Waals surface area contributed by atoms with E-state index in [0.29, 0.717) is 12.2 Å². The molecule has 1 heterocycles. The molecule has 0 aliphatic carbocycles. The number of aliphatic hydroxyl groups excluding tert-OH is 1. The van der Waals surface area contributed by atoms with Gasteiger partial charge in [0, 0.05) is 6.42 Å². The molecule has 74 valence electrons. The minimum atomic E-state index is -0.489. The van der Waals surface area contributed by atoms with Crippen LogP contribution in [-0.2, 0) is 9.53 Å². The van der Waals surface area contributed by atoms with Crippen LogP contribution < -0.4 is 0 Å². The van der Waals surface area contributed by atoms with Gasteiger partial charge in [-0.3, -0.25) is 4.79 Å². The van der Waals surface area contributed by atoms with Gasteiger partial charge in [-0.2, -0.15) is 0 Å². The maximum Gasteiger partial charge on any atom is 0.240 e. The largest absolute Gasteiger partial charge is 0.502 e. The van der Waals surface area contributed by atoms with Gasteiger partial charge in [0.2, 0.25) is 11.5 Å². The van der Waals surface area contributed by atoms with E-state index in [1.165, 1.54) is 0 Å². The maximum atomic E-state index is 11.1. The Hall–Kier alpha value is -0.990. The third-order valence-corrected chi connectivity index (χ3v) is 2.19. The smallest absolute Gasteiger partial charge is 0.240 e. The van der Waals surface area contributed by atoms with E-state index in [1.807, 2.05) is 0 Å². The summed E-state index contributed by atoms with van der Waals surface area (Å²) < 4.78 is 5.21. The van der Waals surface area contributed by atoms with Crippen molar-refractivity contribution in [2.45, 2.75) is 45.6 Å². The van der Waals surface area contributed by atoms with Crippen molar-refractivity contribution in [3.8, 4) is 0 Å². The number of carbonyl (C=O) groups is 1. The van der Waals surface area contributed by atoms with Crippen LogP contribution in [0.15, 0.2) is 11.5 Å². The van der Waals surface area contributed by atoms with Crippen molar-refractivity contribution < 1.29 is 14.6 Å². The summed E-state index contributed by atoms with van der Waals surface area (Å²) in [5.74, 6) is 0.0288. The molecule has 0 aromatic heterocycles. The highest BCUT2D eigenvalue weighted by molar-refractivity contribution is 5.98. The molecule has 0 amide bonds. The van der Waals surface area contributed by atoms with Crippen molar-refractivity contribution in [1.82, 2.24) is 0 Å². The number of ketones is 1. The molecular weight excluding hydrogens is 168 g/mol. The van der Waals surface area contributed by atoms with Gasteiger partial charge in [0.1, 0.15) is 5.76 Å². The summed E-state index contributed by atoms with van der Waals surface area (Å²) in [5, 5.41) is 9.33. The van der Waals surface area contributed by atoms with Crippen molar-refractivity contribution in [3.63, 3.8) is 0 Å². The van der Waals surface area contributed by atoms with E-state index in [1.54, 1.807) is 6.92 Å². The fraction of sp³-hybridized carbons (Fsp3) is 0.700. The molecule has 1 aliphatic rings. The molecule has 13 heavy (non-hydrogen) atoms. The number of hydrogen-bond donors (Lipinski definition) is 1. The molecule has 0 radical (unpaired) electrons. The lowest BCUT2D eigenvalue weighted by Crippen LogP contribution is -2.12. The number of hydrogen-bond acceptors (Lipinski definition) is 3. The average molecular weight is 184 g/mol. The maximum absolute atomic E-state index is 11.1. The molecule has 0 fully saturated rings. The van der Waals surface area contributed by atoms with Crippen molar-refractivity contribution in [1.29, 1.82) is 0 Å². The predicted molar refractivity (Wildman–Crippen MR) is 49.4 cm³/mol. The molecule has 1 rings (SSSR count). The van der Waals surface area contributed by atoms with Gasteiger partial charge >= 0.3 is 0 Å². The summed E-state index contributed by atoms with van der Waals surface area (Å²) in [6.45, 7) is 3.77. The first-order valence-corrected chi connectivity index (χ1v) is 4.79. The van der Waals surface area contributed by atoms with E-state index < -0.39 is 6.10 Å². The molecule has 0 saturated carbocycles. The second kappa shape index (κ2) is 4.30. The Kier molecular flexibility index (Phi) is 3.34. The first kappa shape index (κ1) is 10.1. The van der Waals surface area contributed by atoms with Gasteiger partial charge < -0.3 is 9.84 Å². The van der Waals surface area contributed by atoms with Crippen LogP contribution in [0, 0.1) is 0 Å². The van der Waals surface area contributed by atoms with Crippen LogP contribution in [0.1, 0.15) is 39.5 Å². The zero-order valence-corrected chi connectivity index (χ0v) is 8.17. The van der Waals surface area contributed by atoms with E-state index >= 15 is 0 Å². The predicted octanol–water partition coefficient (Wildman–Crippen LogP) is 2.32. The van der Waals surface area contributed by atoms with E-state index in [2.05, 4.69) is 6.92 Å². The number of aliphatic hydroxyl groups is 1. The number of carbonyl (C=O) groups excluding carboxylic acids is 1. The molecule has 0 spiro atoms. The van der Waals surface area contributed by atoms with Crippen LogP contribution in [0.5, 0.6) is 0 Å². The lowest BCUT2D eigenvalue weighted by Gasteiger charge is -2.04. The van der Waals surface area contributed by atoms with E-state index in [4.69, 9.17) is 4.74 Å². The summed E-state index contributed by atoms with van der Waals surface area (Å²) in [6.07, 6.45) is 3.38. The van der Waals surface area contributed by atoms with E-state index in [9.17, 15) is 9.90 Å². The van der Waals surface area contributed by atoms with Gasteiger partial charge in [-0.05, 0) is 13.3 Å². The molecule has 1 aliphatic heterocycles. The van der Waals surface area contributed by atoms with E-state index in [0.717, 1.165) is 19.3 Å². The van der Waals surface area contributed by atoms with Crippen LogP contribution in [0.25, 0.3) is 0 Å². The molecule has 0 saturated heterocycles. The topological polar surface area (TPSA) is 46.5 Å². The molecule has 0 aromatic rings. The monoisotopic (exact) mass is 184 g/mol. The Labute approximate surface area is 78.4 Å². The molecular formula is C10H16O3. The Balaban J connectivity index is 2.46. The zero-order valence-electron chi connectivity index (χ0n) is 8.17. The van der Waals surface area contributed by atoms with Crippen LogP contribution in [-0.4, -0.2) is 17.0 Å². The number of unbranched alkanes of at least 4 members (excludes halogenated alkanes) is 2. The third-order valence-electron chi connectivity index (χ3n) is 2.19. The summed E-state index contributed by atoms with van der Waals surface area (Å²) in [7, 11) is 0. The molecule has 3 nitrogen and oxygen atoms in total. The average Bonchev–Trinajstić information content (AvgIpc) is 2.34. The normalized spacial score (nSPS) is 22.3. The fourth-order valence-electron chi connectivity index (χ4n) is 1.37. The first-order chi connectivity index (χ1) is 6.16. The van der Waals surface area contributed by atoms with Crippen LogP contribution in [0.3, 0.4) is 0 Å². The van der Waals surface area contributed by atoms with Crippen LogP contribution >= 0.6 is 0 Å². The number of ether oxygens (including phenoxy) is 1. The first-order valence-electron chi connectivity index (χ1n) is 4.79. The molecule has 1 N–H and O–H groups in total. The second-order valence-electron chi connectivity index (χ2n) is 3.35. The summed E-state index contributed by atoms with van der Waals surface area (Å²) in [4.78, 5) is 11.1. The lowest BCUT2D eigenvalue weighted by molar-refractivity contribution is -0.122. The van der Waals surface area contributed by atoms with Gasteiger partial charge in [-0.1, -0.05) is 19.8 Å². The fourth-order valence-corrected chi connectivity index (χ4v) is 1.37. The Morgan fingerprint density at radius 1 is 1.46 bits per heavy atom. The molecule has 3 heteroatoms. The van der Waals surface area contributed by atoms with Gasteiger partial charge in [-0.25, -0.2) is 0 Å². The highest BCUT2D eigenvalue weighted by Crippen LogP contribution is 2.23. The number of Topliss-reactive ketones (excluding diaryl/α,β-unsaturated/α-hetero) is 1. The quantitative estimate of drug-likeness (QED) is 0.682. The molecule has 1 atom stereocenters. The summed E-state index contributed by atoms with van der Waals surface area (Å²) in [6, 6.07) is 0. The van der Waals surface area contributed by atoms with Crippen LogP contribution in [0.4, 0.5) is 0 Å². The van der Waals surface area contributed by atoms with Crippen molar-refractivity contribution in [3.05, 3.63) is 11.5 Å². The summed E-state index contributed by atoms with van der Waals surface area (Å²) in [5.41, 5.74) is 0. The molecule has 0 bridgehead atoms. The van der Waals surface area contributed by atoms with Gasteiger partial charge in [0.15, 0.2) is 6.10 Å². The highest BCUT2D eigenvalue weighted by atomic mass is 16.5. The summed E-state index contributed by atoms with van der Waals surface area (Å²) >= 11 is 0. The van der Waals surface area contributed by atoms with Crippen molar-refractivity contribution in [2.75, 3.05) is 0 Å². The van der Waals surface area contributed by atoms with Crippen molar-refractivity contribution >= 4 is 5.78 Å². The highest BCUT2D eigenvalue weighted by Gasteiger charge is 2.30. The lowest BCUT2D eigenvalue weighted by atomic mass is 10.1. The van der Waals surface area contributed by atoms with Crippen LogP contribution in [0.2, 0.25) is 0 Å². The SMILES string of the molecule is CCCCCC1=C(O)C(=O)C(C)O1. The minimum Gasteiger partial charge on any atom is -0.502 e. The standard InChI is InChI=1S/C10H16O3/c1-3-4-5-6-8-10(12)9(11)7(2)13-8/h7,12H,3-6H2,1-2H3. The second-order valence-corrected chi connectivity index (χ2v) is 3.35. The Bertz CT molecular complexity index is 230. The minimum absolute atomic E-state index is 0.163. The van der Waals surface area contributed by atoms with E-state index in [-0.39, 0.29) is 11.5 Å². The zero-order chi connectivity index (χ0) is 9.84. The Morgan fingerprint density at radius 3 is 2.62 bits per heavy atom. The Morgan fingerprint density at radius 2 is 2.15 bits per heavy atom. The number of allylic oxidation sites excluding steroid dienone is 1.